The van der Waals surface area contributed by atoms with E-state index in [1.165, 1.54) is 17.4 Å². The summed E-state index contributed by atoms with van der Waals surface area (Å²) in [6.45, 7) is 3.64. The Kier molecular flexibility index (Phi) is 7.32. The van der Waals surface area contributed by atoms with Crippen LogP contribution in [0.5, 0.6) is 0 Å². The Labute approximate surface area is 236 Å². The molecule has 1 saturated heterocycles. The predicted octanol–water partition coefficient (Wildman–Crippen LogP) is 6.30. The van der Waals surface area contributed by atoms with Gasteiger partial charge in [0, 0.05) is 30.1 Å². The van der Waals surface area contributed by atoms with Gasteiger partial charge in [-0.05, 0) is 67.6 Å². The SMILES string of the molecule is Cc1cccc(F)c1NC(=O)c1cc2c(s1)-c1ccccc1N(C(=O)c1cccc(NC[C@H]3CCCO3)n1)CC2. The minimum Gasteiger partial charge on any atom is -0.376 e. The largest absolute Gasteiger partial charge is 0.376 e. The monoisotopic (exact) mass is 556 g/mol. The van der Waals surface area contributed by atoms with Gasteiger partial charge in [-0.15, -0.1) is 11.3 Å². The van der Waals surface area contributed by atoms with E-state index in [1.807, 2.05) is 42.5 Å². The third kappa shape index (κ3) is 5.22. The smallest absolute Gasteiger partial charge is 0.276 e. The number of benzene rings is 2. The van der Waals surface area contributed by atoms with E-state index in [0.29, 0.717) is 41.5 Å². The number of fused-ring (bicyclic) bond motifs is 3. The van der Waals surface area contributed by atoms with Crippen molar-refractivity contribution in [3.63, 3.8) is 0 Å². The van der Waals surface area contributed by atoms with Crippen molar-refractivity contribution in [2.45, 2.75) is 32.3 Å². The molecule has 0 radical (unpaired) electrons. The van der Waals surface area contributed by atoms with E-state index in [1.54, 1.807) is 30.0 Å². The Morgan fingerprint density at radius 1 is 1.12 bits per heavy atom. The summed E-state index contributed by atoms with van der Waals surface area (Å²) < 4.78 is 20.0. The van der Waals surface area contributed by atoms with Crippen LogP contribution in [-0.4, -0.2) is 42.6 Å². The van der Waals surface area contributed by atoms with Gasteiger partial charge >= 0.3 is 0 Å². The van der Waals surface area contributed by atoms with Crippen LogP contribution in [-0.2, 0) is 11.2 Å². The molecule has 2 aromatic heterocycles. The Balaban J connectivity index is 1.25. The second-order valence-electron chi connectivity index (χ2n) is 10.00. The van der Waals surface area contributed by atoms with E-state index < -0.39 is 5.82 Å². The molecule has 2 amide bonds. The van der Waals surface area contributed by atoms with E-state index in [4.69, 9.17) is 4.74 Å². The van der Waals surface area contributed by atoms with Gasteiger partial charge in [0.05, 0.1) is 22.4 Å². The lowest BCUT2D eigenvalue weighted by Crippen LogP contribution is -2.33. The van der Waals surface area contributed by atoms with E-state index in [-0.39, 0.29) is 23.6 Å². The first-order chi connectivity index (χ1) is 19.5. The number of pyridine rings is 1. The summed E-state index contributed by atoms with van der Waals surface area (Å²) in [6, 6.07) is 19.7. The molecule has 0 aliphatic carbocycles. The molecule has 1 fully saturated rings. The molecule has 4 heterocycles. The molecule has 2 aromatic carbocycles. The zero-order chi connectivity index (χ0) is 27.6. The molecule has 0 saturated carbocycles. The van der Waals surface area contributed by atoms with Crippen LogP contribution in [0, 0.1) is 12.7 Å². The van der Waals surface area contributed by atoms with Crippen LogP contribution in [0.15, 0.2) is 66.7 Å². The van der Waals surface area contributed by atoms with Gasteiger partial charge in [-0.3, -0.25) is 9.59 Å². The number of para-hydroxylation sites is 2. The van der Waals surface area contributed by atoms with Crippen LogP contribution < -0.4 is 15.5 Å². The number of aryl methyl sites for hydroxylation is 1. The predicted molar refractivity (Wildman–Crippen MR) is 156 cm³/mol. The van der Waals surface area contributed by atoms with Crippen LogP contribution in [0.3, 0.4) is 0 Å². The number of hydrogen-bond donors (Lipinski definition) is 2. The van der Waals surface area contributed by atoms with E-state index in [2.05, 4.69) is 15.6 Å². The van der Waals surface area contributed by atoms with Gasteiger partial charge in [-0.1, -0.05) is 36.4 Å². The topological polar surface area (TPSA) is 83.6 Å². The van der Waals surface area contributed by atoms with Crippen molar-refractivity contribution in [2.24, 2.45) is 0 Å². The number of carbonyl (C=O) groups excluding carboxylic acids is 2. The lowest BCUT2D eigenvalue weighted by Gasteiger charge is -2.23. The fourth-order valence-corrected chi connectivity index (χ4v) is 6.34. The Bertz CT molecular complexity index is 1560. The molecule has 204 valence electrons. The number of anilines is 3. The van der Waals surface area contributed by atoms with Gasteiger partial charge in [-0.25, -0.2) is 9.37 Å². The van der Waals surface area contributed by atoms with E-state index in [9.17, 15) is 14.0 Å². The van der Waals surface area contributed by atoms with Crippen LogP contribution in [0.25, 0.3) is 10.4 Å². The van der Waals surface area contributed by atoms with Gasteiger partial charge in [0.1, 0.15) is 17.3 Å². The molecule has 40 heavy (non-hydrogen) atoms. The highest BCUT2D eigenvalue weighted by atomic mass is 32.1. The van der Waals surface area contributed by atoms with Crippen molar-refractivity contribution in [1.29, 1.82) is 0 Å². The first-order valence-electron chi connectivity index (χ1n) is 13.4. The highest BCUT2D eigenvalue weighted by Crippen LogP contribution is 2.42. The Morgan fingerprint density at radius 3 is 2.80 bits per heavy atom. The molecule has 9 heteroatoms. The minimum absolute atomic E-state index is 0.167. The molecule has 2 aliphatic heterocycles. The third-order valence-corrected chi connectivity index (χ3v) is 8.50. The number of nitrogens with zero attached hydrogens (tertiary/aromatic N) is 2. The van der Waals surface area contributed by atoms with Crippen LogP contribution in [0.2, 0.25) is 0 Å². The molecule has 0 unspecified atom stereocenters. The zero-order valence-corrected chi connectivity index (χ0v) is 22.9. The maximum absolute atomic E-state index is 14.3. The third-order valence-electron chi connectivity index (χ3n) is 7.29. The fourth-order valence-electron chi connectivity index (χ4n) is 5.20. The van der Waals surface area contributed by atoms with Crippen LogP contribution in [0.4, 0.5) is 21.6 Å². The number of amides is 2. The Morgan fingerprint density at radius 2 is 1.98 bits per heavy atom. The second kappa shape index (κ2) is 11.2. The van der Waals surface area contributed by atoms with Crippen molar-refractivity contribution in [1.82, 2.24) is 4.98 Å². The second-order valence-corrected chi connectivity index (χ2v) is 11.1. The van der Waals surface area contributed by atoms with Crippen LogP contribution >= 0.6 is 11.3 Å². The molecule has 7 nitrogen and oxygen atoms in total. The number of aromatic nitrogens is 1. The van der Waals surface area contributed by atoms with Crippen molar-refractivity contribution >= 4 is 40.3 Å². The first-order valence-corrected chi connectivity index (χ1v) is 14.2. The molecule has 1 atom stereocenters. The van der Waals surface area contributed by atoms with E-state index in [0.717, 1.165) is 41.1 Å². The Hall–Kier alpha value is -4.08. The first kappa shape index (κ1) is 26.2. The average Bonchev–Trinajstić information content (AvgIpc) is 3.62. The highest BCUT2D eigenvalue weighted by Gasteiger charge is 2.28. The van der Waals surface area contributed by atoms with Crippen molar-refractivity contribution in [3.8, 4) is 10.4 Å². The van der Waals surface area contributed by atoms with E-state index >= 15 is 0 Å². The minimum atomic E-state index is -0.467. The molecule has 0 spiro atoms. The summed E-state index contributed by atoms with van der Waals surface area (Å²) in [4.78, 5) is 34.7. The number of carbonyl (C=O) groups is 2. The molecule has 2 N–H and O–H groups in total. The standard InChI is InChI=1S/C31H29FN4O3S/c1-19-7-4-10-23(32)28(19)35-30(37)26-17-20-14-15-36(25-12-3-2-9-22(25)29(20)40-26)31(38)24-11-5-13-27(34-24)33-18-21-8-6-16-39-21/h2-5,7,9-13,17,21H,6,8,14-16,18H2,1H3,(H,33,34)(H,35,37)/t21-/m1/s1. The molecule has 6 rings (SSSR count). The maximum atomic E-state index is 14.3. The zero-order valence-electron chi connectivity index (χ0n) is 22.1. The fraction of sp³-hybridized carbons (Fsp3) is 0.258. The molecule has 4 aromatic rings. The molecule has 2 aliphatic rings. The van der Waals surface area contributed by atoms with Gasteiger partial charge in [0.25, 0.3) is 11.8 Å². The van der Waals surface area contributed by atoms with Crippen LogP contribution in [0.1, 0.15) is 44.1 Å². The number of rotatable bonds is 6. The van der Waals surface area contributed by atoms with Gasteiger partial charge in [0.15, 0.2) is 0 Å². The lowest BCUT2D eigenvalue weighted by molar-refractivity contribution is 0.0981. The summed E-state index contributed by atoms with van der Waals surface area (Å²) >= 11 is 1.35. The van der Waals surface area contributed by atoms with Gasteiger partial charge in [0.2, 0.25) is 0 Å². The highest BCUT2D eigenvalue weighted by molar-refractivity contribution is 7.17. The quantitative estimate of drug-likeness (QED) is 0.291. The van der Waals surface area contributed by atoms with Crippen molar-refractivity contribution < 1.29 is 18.7 Å². The van der Waals surface area contributed by atoms with Crippen molar-refractivity contribution in [2.75, 3.05) is 35.2 Å². The molecule has 0 bridgehead atoms. The number of nitrogens with one attached hydrogen (secondary N) is 2. The summed E-state index contributed by atoms with van der Waals surface area (Å²) in [7, 11) is 0. The summed E-state index contributed by atoms with van der Waals surface area (Å²) in [6.07, 6.45) is 2.82. The number of hydrogen-bond acceptors (Lipinski definition) is 6. The average molecular weight is 557 g/mol. The summed E-state index contributed by atoms with van der Waals surface area (Å²) in [5.41, 5.74) is 3.83. The van der Waals surface area contributed by atoms with Crippen molar-refractivity contribution in [3.05, 3.63) is 94.2 Å². The molecular weight excluding hydrogens is 527 g/mol. The number of ether oxygens (including phenoxy) is 1. The normalized spacial score (nSPS) is 16.1. The lowest BCUT2D eigenvalue weighted by atomic mass is 10.1. The number of halogens is 1. The summed E-state index contributed by atoms with van der Waals surface area (Å²) in [5.74, 6) is -0.361. The van der Waals surface area contributed by atoms with Gasteiger partial charge in [-0.2, -0.15) is 0 Å². The van der Waals surface area contributed by atoms with Gasteiger partial charge < -0.3 is 20.3 Å². The number of thiophene rings is 1. The summed E-state index contributed by atoms with van der Waals surface area (Å²) in [5, 5.41) is 6.04. The maximum Gasteiger partial charge on any atom is 0.276 e. The molecular formula is C31H29FN4O3S.